The fraction of sp³-hybridized carbons (Fsp3) is 0.588. The van der Waals surface area contributed by atoms with Crippen LogP contribution >= 0.6 is 24.0 Å². The summed E-state index contributed by atoms with van der Waals surface area (Å²) in [6.07, 6.45) is 0. The molecule has 2 N–H and O–H groups in total. The quantitative estimate of drug-likeness (QED) is 0.334. The van der Waals surface area contributed by atoms with Gasteiger partial charge in [-0.25, -0.2) is 0 Å². The van der Waals surface area contributed by atoms with Crippen LogP contribution in [0, 0.1) is 6.92 Å². The zero-order valence-corrected chi connectivity index (χ0v) is 17.1. The second-order valence-corrected chi connectivity index (χ2v) is 6.43. The Labute approximate surface area is 152 Å². The molecule has 0 aliphatic rings. The second kappa shape index (κ2) is 10.0. The van der Waals surface area contributed by atoms with E-state index >= 15 is 0 Å². The number of aryl methyl sites for hydroxylation is 1. The molecule has 0 bridgehead atoms. The van der Waals surface area contributed by atoms with E-state index in [1.165, 1.54) is 11.1 Å². The van der Waals surface area contributed by atoms with Gasteiger partial charge < -0.3 is 15.5 Å². The summed E-state index contributed by atoms with van der Waals surface area (Å²) < 4.78 is 0. The third-order valence-corrected chi connectivity index (χ3v) is 3.31. The molecular weight excluding hydrogens is 387 g/mol. The van der Waals surface area contributed by atoms with Crippen LogP contribution in [0.3, 0.4) is 0 Å². The predicted octanol–water partition coefficient (Wildman–Crippen LogP) is 3.01. The van der Waals surface area contributed by atoms with Gasteiger partial charge in [0.25, 0.3) is 0 Å². The number of hydrogen-bond donors (Lipinski definition) is 2. The van der Waals surface area contributed by atoms with Crippen molar-refractivity contribution in [3.63, 3.8) is 0 Å². The Hall–Kier alpha value is -0.820. The first-order chi connectivity index (χ1) is 9.83. The molecule has 0 spiro atoms. The van der Waals surface area contributed by atoms with Gasteiger partial charge in [-0.05, 0) is 38.8 Å². The van der Waals surface area contributed by atoms with Crippen molar-refractivity contribution in [1.82, 2.24) is 15.5 Å². The van der Waals surface area contributed by atoms with Crippen molar-refractivity contribution < 1.29 is 0 Å². The van der Waals surface area contributed by atoms with Crippen LogP contribution in [0.4, 0.5) is 0 Å². The van der Waals surface area contributed by atoms with E-state index in [9.17, 15) is 0 Å². The van der Waals surface area contributed by atoms with Crippen LogP contribution in [0.2, 0.25) is 0 Å². The molecule has 0 amide bonds. The van der Waals surface area contributed by atoms with Crippen LogP contribution in [0.1, 0.15) is 31.9 Å². The fourth-order valence-corrected chi connectivity index (χ4v) is 2.11. The highest BCUT2D eigenvalue weighted by molar-refractivity contribution is 14.0. The number of benzene rings is 1. The minimum atomic E-state index is 0. The maximum absolute atomic E-state index is 4.35. The molecule has 1 rings (SSSR count). The van der Waals surface area contributed by atoms with E-state index in [0.29, 0.717) is 0 Å². The highest BCUT2D eigenvalue weighted by atomic mass is 127. The van der Waals surface area contributed by atoms with Crippen molar-refractivity contribution >= 4 is 29.9 Å². The minimum absolute atomic E-state index is 0. The molecule has 5 heteroatoms. The molecule has 126 valence electrons. The molecule has 0 unspecified atom stereocenters. The molecule has 0 aliphatic heterocycles. The summed E-state index contributed by atoms with van der Waals surface area (Å²) in [5.74, 6) is 0.925. The maximum atomic E-state index is 4.35. The third-order valence-electron chi connectivity index (χ3n) is 3.31. The zero-order chi connectivity index (χ0) is 15.9. The lowest BCUT2D eigenvalue weighted by Gasteiger charge is -2.24. The van der Waals surface area contributed by atoms with Crippen molar-refractivity contribution in [2.24, 2.45) is 4.99 Å². The normalized spacial score (nSPS) is 11.8. The summed E-state index contributed by atoms with van der Waals surface area (Å²) in [6, 6.07) is 8.47. The Morgan fingerprint density at radius 2 is 1.82 bits per heavy atom. The molecule has 0 fully saturated rings. The predicted molar refractivity (Wildman–Crippen MR) is 107 cm³/mol. The smallest absolute Gasteiger partial charge is 0.193 e. The lowest BCUT2D eigenvalue weighted by atomic mass is 10.1. The largest absolute Gasteiger partial charge is 0.355 e. The van der Waals surface area contributed by atoms with Gasteiger partial charge in [0.15, 0.2) is 5.96 Å². The Balaban J connectivity index is 0.00000441. The molecule has 4 nitrogen and oxygen atoms in total. The highest BCUT2D eigenvalue weighted by Gasteiger charge is 2.10. The summed E-state index contributed by atoms with van der Waals surface area (Å²) >= 11 is 0. The van der Waals surface area contributed by atoms with Crippen molar-refractivity contribution in [3.8, 4) is 0 Å². The summed E-state index contributed by atoms with van der Waals surface area (Å²) in [5, 5.41) is 6.86. The van der Waals surface area contributed by atoms with Crippen molar-refractivity contribution in [2.45, 2.75) is 39.8 Å². The fourth-order valence-electron chi connectivity index (χ4n) is 2.11. The van der Waals surface area contributed by atoms with Gasteiger partial charge in [0.1, 0.15) is 0 Å². The van der Waals surface area contributed by atoms with Crippen molar-refractivity contribution in [1.29, 1.82) is 0 Å². The number of rotatable bonds is 5. The molecule has 0 aliphatic carbocycles. The first-order valence-corrected chi connectivity index (χ1v) is 7.55. The second-order valence-electron chi connectivity index (χ2n) is 6.43. The molecule has 0 radical (unpaired) electrons. The molecule has 0 saturated heterocycles. The first kappa shape index (κ1) is 21.2. The highest BCUT2D eigenvalue weighted by Crippen LogP contribution is 2.09. The lowest BCUT2D eigenvalue weighted by Crippen LogP contribution is -2.44. The number of halogens is 1. The van der Waals surface area contributed by atoms with E-state index < -0.39 is 0 Å². The summed E-state index contributed by atoms with van der Waals surface area (Å²) in [4.78, 5) is 6.50. The van der Waals surface area contributed by atoms with Crippen molar-refractivity contribution in [3.05, 3.63) is 35.4 Å². The third kappa shape index (κ3) is 7.98. The number of aliphatic imine (C=N–C) groups is 1. The van der Waals surface area contributed by atoms with Gasteiger partial charge in [-0.2, -0.15) is 0 Å². The van der Waals surface area contributed by atoms with E-state index in [1.54, 1.807) is 0 Å². The Morgan fingerprint density at radius 3 is 2.36 bits per heavy atom. The average molecular weight is 418 g/mol. The molecule has 0 saturated carbocycles. The van der Waals surface area contributed by atoms with Gasteiger partial charge in [0, 0.05) is 39.3 Å². The molecule has 22 heavy (non-hydrogen) atoms. The number of guanidine groups is 1. The summed E-state index contributed by atoms with van der Waals surface area (Å²) in [5.41, 5.74) is 2.79. The molecule has 0 atom stereocenters. The Bertz CT molecular complexity index is 466. The molecule has 0 heterocycles. The standard InChI is InChI=1S/C17H30N4.HI/c1-14-9-7-8-10-15(14)13-21(6)16(18-5)19-11-12-20-17(2,3)4;/h7-10,20H,11-13H2,1-6H3,(H,18,19);1H. The van der Waals surface area contributed by atoms with E-state index in [2.05, 4.69) is 79.5 Å². The van der Waals surface area contributed by atoms with E-state index in [4.69, 9.17) is 0 Å². The average Bonchev–Trinajstić information content (AvgIpc) is 2.40. The molecule has 1 aromatic carbocycles. The van der Waals surface area contributed by atoms with Gasteiger partial charge in [-0.1, -0.05) is 24.3 Å². The van der Waals surface area contributed by atoms with Crippen LogP contribution in [0.15, 0.2) is 29.3 Å². The van der Waals surface area contributed by atoms with E-state index in [0.717, 1.165) is 25.6 Å². The van der Waals surface area contributed by atoms with Gasteiger partial charge >= 0.3 is 0 Å². The van der Waals surface area contributed by atoms with E-state index in [-0.39, 0.29) is 29.5 Å². The lowest BCUT2D eigenvalue weighted by molar-refractivity contribution is 0.422. The SMILES string of the molecule is CN=C(NCCNC(C)(C)C)N(C)Cc1ccccc1C.I. The Morgan fingerprint density at radius 1 is 1.18 bits per heavy atom. The molecular formula is C17H31IN4. The van der Waals surface area contributed by atoms with Crippen LogP contribution in [-0.2, 0) is 6.54 Å². The number of nitrogens with one attached hydrogen (secondary N) is 2. The topological polar surface area (TPSA) is 39.7 Å². The van der Waals surface area contributed by atoms with Crippen LogP contribution in [-0.4, -0.2) is 43.6 Å². The zero-order valence-electron chi connectivity index (χ0n) is 14.7. The van der Waals surface area contributed by atoms with Gasteiger partial charge in [0.2, 0.25) is 0 Å². The number of hydrogen-bond acceptors (Lipinski definition) is 2. The minimum Gasteiger partial charge on any atom is -0.355 e. The van der Waals surface area contributed by atoms with Gasteiger partial charge in [0.05, 0.1) is 0 Å². The van der Waals surface area contributed by atoms with Crippen LogP contribution in [0.25, 0.3) is 0 Å². The molecule has 1 aromatic rings. The first-order valence-electron chi connectivity index (χ1n) is 7.55. The van der Waals surface area contributed by atoms with Gasteiger partial charge in [-0.3, -0.25) is 4.99 Å². The monoisotopic (exact) mass is 418 g/mol. The van der Waals surface area contributed by atoms with Crippen molar-refractivity contribution in [2.75, 3.05) is 27.2 Å². The summed E-state index contributed by atoms with van der Waals surface area (Å²) in [7, 11) is 3.90. The summed E-state index contributed by atoms with van der Waals surface area (Å²) in [6.45, 7) is 11.3. The number of nitrogens with zero attached hydrogens (tertiary/aromatic N) is 2. The Kier molecular flexibility index (Phi) is 9.67. The maximum Gasteiger partial charge on any atom is 0.193 e. The van der Waals surface area contributed by atoms with Gasteiger partial charge in [-0.15, -0.1) is 24.0 Å². The van der Waals surface area contributed by atoms with Crippen LogP contribution in [0.5, 0.6) is 0 Å². The van der Waals surface area contributed by atoms with E-state index in [1.807, 2.05) is 7.05 Å². The molecule has 0 aromatic heterocycles. The van der Waals surface area contributed by atoms with Crippen LogP contribution < -0.4 is 10.6 Å².